The Hall–Kier alpha value is -1.07. The Morgan fingerprint density at radius 2 is 1.96 bits per heavy atom. The van der Waals surface area contributed by atoms with Crippen molar-refractivity contribution in [1.29, 1.82) is 0 Å². The van der Waals surface area contributed by atoms with E-state index in [1.165, 1.54) is 0 Å². The lowest BCUT2D eigenvalue weighted by Gasteiger charge is -2.27. The fourth-order valence-electron chi connectivity index (χ4n) is 3.10. The summed E-state index contributed by atoms with van der Waals surface area (Å²) in [5.41, 5.74) is 1.42. The van der Waals surface area contributed by atoms with Crippen molar-refractivity contribution in [2.45, 2.75) is 32.7 Å². The molecule has 0 aliphatic carbocycles. The van der Waals surface area contributed by atoms with Gasteiger partial charge in [-0.15, -0.1) is 24.0 Å². The Labute approximate surface area is 186 Å². The van der Waals surface area contributed by atoms with Gasteiger partial charge in [-0.3, -0.25) is 4.72 Å². The van der Waals surface area contributed by atoms with Gasteiger partial charge in [0.25, 0.3) is 0 Å². The van der Waals surface area contributed by atoms with E-state index in [4.69, 9.17) is 9.73 Å². The molecule has 1 fully saturated rings. The Kier molecular flexibility index (Phi) is 11.1. The van der Waals surface area contributed by atoms with Gasteiger partial charge in [0.15, 0.2) is 5.96 Å². The third-order valence-electron chi connectivity index (χ3n) is 4.62. The largest absolute Gasteiger partial charge is 0.381 e. The normalized spacial score (nSPS) is 15.6. The van der Waals surface area contributed by atoms with Gasteiger partial charge in [0, 0.05) is 33.4 Å². The molecule has 28 heavy (non-hydrogen) atoms. The first-order valence-corrected chi connectivity index (χ1v) is 11.4. The molecule has 160 valence electrons. The molecular weight excluding hydrogens is 491 g/mol. The number of ether oxygens (including phenoxy) is 1. The highest BCUT2D eigenvalue weighted by Gasteiger charge is 2.15. The number of benzene rings is 1. The highest BCUT2D eigenvalue weighted by Crippen LogP contribution is 2.19. The highest BCUT2D eigenvalue weighted by molar-refractivity contribution is 14.0. The summed E-state index contributed by atoms with van der Waals surface area (Å²) < 4.78 is 31.1. The number of aliphatic imine (C=N–C) groups is 1. The smallest absolute Gasteiger partial charge is 0.229 e. The van der Waals surface area contributed by atoms with Crippen molar-refractivity contribution in [3.8, 4) is 0 Å². The summed E-state index contributed by atoms with van der Waals surface area (Å²) in [7, 11) is -1.28. The molecule has 0 unspecified atom stereocenters. The third kappa shape index (κ3) is 8.95. The lowest BCUT2D eigenvalue weighted by Crippen LogP contribution is -2.40. The van der Waals surface area contributed by atoms with Crippen LogP contribution < -0.4 is 10.0 Å². The van der Waals surface area contributed by atoms with Crippen LogP contribution in [-0.4, -0.2) is 58.9 Å². The van der Waals surface area contributed by atoms with Crippen molar-refractivity contribution in [1.82, 2.24) is 10.2 Å². The fraction of sp³-hybridized carbons (Fsp3) is 0.632. The number of nitrogens with one attached hydrogen (secondary N) is 2. The van der Waals surface area contributed by atoms with Gasteiger partial charge in [0.05, 0.1) is 18.5 Å². The molecule has 1 aromatic rings. The molecule has 0 amide bonds. The van der Waals surface area contributed by atoms with Gasteiger partial charge in [-0.05, 0) is 43.7 Å². The number of para-hydroxylation sites is 1. The number of hydrogen-bond donors (Lipinski definition) is 2. The maximum Gasteiger partial charge on any atom is 0.229 e. The first-order valence-electron chi connectivity index (χ1n) is 9.52. The van der Waals surface area contributed by atoms with Gasteiger partial charge in [0.1, 0.15) is 0 Å². The minimum atomic E-state index is -3.32. The van der Waals surface area contributed by atoms with Crippen LogP contribution >= 0.6 is 24.0 Å². The Morgan fingerprint density at radius 1 is 1.29 bits per heavy atom. The van der Waals surface area contributed by atoms with E-state index in [2.05, 4.69) is 14.9 Å². The standard InChI is InChI=1S/C19H32N4O3S.HI/c1-4-20-19(23(2)12-9-16-10-13-26-14-11-16)21-15-17-7-5-6-8-18(17)22-27(3,24)25;/h5-8,16,22H,4,9-15H2,1-3H3,(H,20,21);1H. The molecule has 1 heterocycles. The molecule has 1 aliphatic rings. The number of guanidine groups is 1. The van der Waals surface area contributed by atoms with Gasteiger partial charge < -0.3 is 15.0 Å². The van der Waals surface area contributed by atoms with E-state index >= 15 is 0 Å². The topological polar surface area (TPSA) is 83.0 Å². The summed E-state index contributed by atoms with van der Waals surface area (Å²) in [4.78, 5) is 6.85. The number of rotatable bonds is 8. The van der Waals surface area contributed by atoms with Gasteiger partial charge in [-0.25, -0.2) is 13.4 Å². The summed E-state index contributed by atoms with van der Waals surface area (Å²) in [5, 5.41) is 3.32. The predicted octanol–water partition coefficient (Wildman–Crippen LogP) is 2.89. The van der Waals surface area contributed by atoms with Gasteiger partial charge in [-0.2, -0.15) is 0 Å². The molecule has 7 nitrogen and oxygen atoms in total. The number of halogens is 1. The molecule has 0 radical (unpaired) electrons. The van der Waals surface area contributed by atoms with Crippen molar-refractivity contribution in [3.05, 3.63) is 29.8 Å². The second-order valence-corrected chi connectivity index (χ2v) is 8.72. The Bertz CT molecular complexity index is 722. The van der Waals surface area contributed by atoms with Crippen molar-refractivity contribution in [2.24, 2.45) is 10.9 Å². The van der Waals surface area contributed by atoms with E-state index in [0.717, 1.165) is 63.3 Å². The summed E-state index contributed by atoms with van der Waals surface area (Å²) >= 11 is 0. The molecule has 0 bridgehead atoms. The van der Waals surface area contributed by atoms with Crippen molar-refractivity contribution >= 4 is 45.6 Å². The molecule has 9 heteroatoms. The maximum atomic E-state index is 11.6. The molecule has 1 aromatic carbocycles. The molecule has 0 spiro atoms. The zero-order valence-corrected chi connectivity index (χ0v) is 20.1. The average molecular weight is 524 g/mol. The Balaban J connectivity index is 0.00000392. The molecule has 0 saturated carbocycles. The monoisotopic (exact) mass is 524 g/mol. The summed E-state index contributed by atoms with van der Waals surface area (Å²) in [5.74, 6) is 1.54. The minimum Gasteiger partial charge on any atom is -0.381 e. The molecule has 1 saturated heterocycles. The lowest BCUT2D eigenvalue weighted by atomic mass is 9.96. The van der Waals surface area contributed by atoms with Crippen molar-refractivity contribution in [3.63, 3.8) is 0 Å². The van der Waals surface area contributed by atoms with E-state index in [1.54, 1.807) is 6.07 Å². The van der Waals surface area contributed by atoms with Gasteiger partial charge in [-0.1, -0.05) is 18.2 Å². The molecule has 0 aromatic heterocycles. The van der Waals surface area contributed by atoms with Crippen LogP contribution in [0.25, 0.3) is 0 Å². The first kappa shape index (κ1) is 25.0. The zero-order valence-electron chi connectivity index (χ0n) is 17.0. The van der Waals surface area contributed by atoms with Crippen LogP contribution in [0.3, 0.4) is 0 Å². The van der Waals surface area contributed by atoms with Crippen LogP contribution in [0.15, 0.2) is 29.3 Å². The quantitative estimate of drug-likeness (QED) is 0.311. The van der Waals surface area contributed by atoms with E-state index in [-0.39, 0.29) is 24.0 Å². The van der Waals surface area contributed by atoms with Crippen LogP contribution in [0, 0.1) is 5.92 Å². The second kappa shape index (κ2) is 12.5. The van der Waals surface area contributed by atoms with E-state index in [9.17, 15) is 8.42 Å². The number of nitrogens with zero attached hydrogens (tertiary/aromatic N) is 2. The first-order chi connectivity index (χ1) is 12.9. The van der Waals surface area contributed by atoms with E-state index in [1.807, 2.05) is 32.2 Å². The highest BCUT2D eigenvalue weighted by atomic mass is 127. The van der Waals surface area contributed by atoms with Crippen molar-refractivity contribution < 1.29 is 13.2 Å². The van der Waals surface area contributed by atoms with Crippen LogP contribution in [0.4, 0.5) is 5.69 Å². The van der Waals surface area contributed by atoms with Gasteiger partial charge in [0.2, 0.25) is 10.0 Å². The lowest BCUT2D eigenvalue weighted by molar-refractivity contribution is 0.0625. The van der Waals surface area contributed by atoms with Crippen LogP contribution in [-0.2, 0) is 21.3 Å². The fourth-order valence-corrected chi connectivity index (χ4v) is 3.70. The summed E-state index contributed by atoms with van der Waals surface area (Å²) in [6.45, 7) is 5.90. The Morgan fingerprint density at radius 3 is 2.61 bits per heavy atom. The molecule has 2 rings (SSSR count). The van der Waals surface area contributed by atoms with Crippen LogP contribution in [0.5, 0.6) is 0 Å². The zero-order chi connectivity index (χ0) is 19.7. The minimum absolute atomic E-state index is 0. The third-order valence-corrected chi connectivity index (χ3v) is 5.21. The number of anilines is 1. The van der Waals surface area contributed by atoms with E-state index in [0.29, 0.717) is 18.2 Å². The molecule has 2 N–H and O–H groups in total. The number of sulfonamides is 1. The van der Waals surface area contributed by atoms with Crippen LogP contribution in [0.2, 0.25) is 0 Å². The molecule has 1 aliphatic heterocycles. The summed E-state index contributed by atoms with van der Waals surface area (Å²) in [6, 6.07) is 7.35. The van der Waals surface area contributed by atoms with Gasteiger partial charge >= 0.3 is 0 Å². The maximum absolute atomic E-state index is 11.6. The number of hydrogen-bond acceptors (Lipinski definition) is 4. The predicted molar refractivity (Wildman–Crippen MR) is 126 cm³/mol. The summed E-state index contributed by atoms with van der Waals surface area (Å²) in [6.07, 6.45) is 4.54. The van der Waals surface area contributed by atoms with Crippen molar-refractivity contribution in [2.75, 3.05) is 44.3 Å². The second-order valence-electron chi connectivity index (χ2n) is 6.97. The average Bonchev–Trinajstić information content (AvgIpc) is 2.64. The van der Waals surface area contributed by atoms with E-state index < -0.39 is 10.0 Å². The molecule has 0 atom stereocenters. The molecular formula is C19H33IN4O3S. The SMILES string of the molecule is CCNC(=NCc1ccccc1NS(C)(=O)=O)N(C)CCC1CCOCC1.I. The van der Waals surface area contributed by atoms with Crippen LogP contribution in [0.1, 0.15) is 31.7 Å².